The second-order valence-corrected chi connectivity index (χ2v) is 5.38. The number of thiophene rings is 1. The highest BCUT2D eigenvalue weighted by molar-refractivity contribution is 7.20. The van der Waals surface area contributed by atoms with Gasteiger partial charge in [0.05, 0.1) is 23.6 Å². The number of carboxylic acid groups (broad SMARTS) is 2. The molecular formula is C13H13N3O6S. The number of amides is 1. The summed E-state index contributed by atoms with van der Waals surface area (Å²) < 4.78 is 1.65. The first-order chi connectivity index (χ1) is 10.9. The van der Waals surface area contributed by atoms with E-state index in [-0.39, 0.29) is 10.9 Å². The van der Waals surface area contributed by atoms with Gasteiger partial charge in [-0.2, -0.15) is 0 Å². The van der Waals surface area contributed by atoms with Crippen LogP contribution >= 0.6 is 11.3 Å². The number of pyridine rings is 1. The number of hydrogen-bond donors (Lipinski definition) is 2. The topological polar surface area (TPSA) is 121 Å². The third kappa shape index (κ3) is 3.22. The Morgan fingerprint density at radius 1 is 1.48 bits per heavy atom. The fourth-order valence-corrected chi connectivity index (χ4v) is 2.99. The molecule has 0 bridgehead atoms. The quantitative estimate of drug-likeness (QED) is 0.631. The predicted molar refractivity (Wildman–Crippen MR) is 83.2 cm³/mol. The van der Waals surface area contributed by atoms with Crippen LogP contribution in [0, 0.1) is 0 Å². The number of hydrazone groups is 1. The minimum Gasteiger partial charge on any atom is -0.477 e. The number of hydroxylamine groups is 1. The van der Waals surface area contributed by atoms with Crippen molar-refractivity contribution >= 4 is 39.8 Å². The summed E-state index contributed by atoms with van der Waals surface area (Å²) in [5, 5.41) is 22.1. The van der Waals surface area contributed by atoms with Gasteiger partial charge in [0.1, 0.15) is 10.4 Å². The third-order valence-corrected chi connectivity index (χ3v) is 4.07. The van der Waals surface area contributed by atoms with Gasteiger partial charge >= 0.3 is 12.1 Å². The van der Waals surface area contributed by atoms with E-state index in [4.69, 9.17) is 10.2 Å². The maximum Gasteiger partial charge on any atom is 0.453 e. The Bertz CT molecular complexity index is 853. The second-order valence-electron chi connectivity index (χ2n) is 4.31. The van der Waals surface area contributed by atoms with Gasteiger partial charge in [-0.3, -0.25) is 9.63 Å². The van der Waals surface area contributed by atoms with E-state index >= 15 is 0 Å². The van der Waals surface area contributed by atoms with Crippen molar-refractivity contribution in [3.63, 3.8) is 0 Å². The molecule has 0 aliphatic carbocycles. The summed E-state index contributed by atoms with van der Waals surface area (Å²) in [5.74, 6) is -1.29. The van der Waals surface area contributed by atoms with Crippen LogP contribution in [-0.2, 0) is 11.4 Å². The third-order valence-electron chi connectivity index (χ3n) is 2.96. The number of nitrogens with zero attached hydrogens (tertiary/aromatic N) is 3. The van der Waals surface area contributed by atoms with Crippen LogP contribution in [0.1, 0.15) is 22.2 Å². The molecule has 0 spiro atoms. The number of aromatic carboxylic acids is 1. The van der Waals surface area contributed by atoms with E-state index in [0.29, 0.717) is 21.4 Å². The predicted octanol–water partition coefficient (Wildman–Crippen LogP) is 1.66. The van der Waals surface area contributed by atoms with Crippen molar-refractivity contribution in [1.29, 1.82) is 0 Å². The van der Waals surface area contributed by atoms with Crippen LogP contribution in [0.2, 0.25) is 0 Å². The normalized spacial score (nSPS) is 11.2. The maximum atomic E-state index is 12.2. The van der Waals surface area contributed by atoms with Crippen molar-refractivity contribution < 1.29 is 24.6 Å². The summed E-state index contributed by atoms with van der Waals surface area (Å²) in [7, 11) is 1.15. The number of carboxylic acids is 1. The number of fused-ring (bicyclic) bond motifs is 1. The summed E-state index contributed by atoms with van der Waals surface area (Å²) >= 11 is 1.19. The number of carbonyl (C=O) groups is 2. The Hall–Kier alpha value is -2.72. The van der Waals surface area contributed by atoms with Gasteiger partial charge in [0.15, 0.2) is 0 Å². The van der Waals surface area contributed by atoms with Gasteiger partial charge in [0, 0.05) is 12.7 Å². The Labute approximate surface area is 133 Å². The van der Waals surface area contributed by atoms with Crippen molar-refractivity contribution in [2.45, 2.75) is 13.5 Å². The highest BCUT2D eigenvalue weighted by Gasteiger charge is 2.16. The van der Waals surface area contributed by atoms with E-state index in [2.05, 4.69) is 9.94 Å². The molecule has 0 aliphatic rings. The van der Waals surface area contributed by atoms with Gasteiger partial charge in [0.25, 0.3) is 0 Å². The van der Waals surface area contributed by atoms with Crippen LogP contribution in [0.4, 0.5) is 4.79 Å². The smallest absolute Gasteiger partial charge is 0.453 e. The highest BCUT2D eigenvalue weighted by atomic mass is 32.1. The van der Waals surface area contributed by atoms with E-state index < -0.39 is 17.5 Å². The summed E-state index contributed by atoms with van der Waals surface area (Å²) in [6.45, 7) is 2.30. The van der Waals surface area contributed by atoms with Gasteiger partial charge in [-0.15, -0.1) is 16.4 Å². The molecule has 2 aromatic heterocycles. The molecule has 0 fully saturated rings. The van der Waals surface area contributed by atoms with Crippen LogP contribution in [-0.4, -0.2) is 45.3 Å². The van der Waals surface area contributed by atoms with Gasteiger partial charge in [-0.05, 0) is 13.0 Å². The molecule has 122 valence electrons. The van der Waals surface area contributed by atoms with E-state index in [1.165, 1.54) is 29.8 Å². The van der Waals surface area contributed by atoms with Crippen molar-refractivity contribution in [3.05, 3.63) is 32.9 Å². The van der Waals surface area contributed by atoms with Gasteiger partial charge < -0.3 is 14.8 Å². The van der Waals surface area contributed by atoms with E-state index in [1.807, 2.05) is 6.92 Å². The zero-order chi connectivity index (χ0) is 17.1. The van der Waals surface area contributed by atoms with Crippen molar-refractivity contribution in [2.24, 2.45) is 5.10 Å². The molecule has 2 N–H and O–H groups in total. The first-order valence-electron chi connectivity index (χ1n) is 6.40. The maximum absolute atomic E-state index is 12.2. The molecule has 0 radical (unpaired) electrons. The lowest BCUT2D eigenvalue weighted by Gasteiger charge is -2.07. The lowest BCUT2D eigenvalue weighted by Crippen LogP contribution is -2.22. The fraction of sp³-hybridized carbons (Fsp3) is 0.231. The summed E-state index contributed by atoms with van der Waals surface area (Å²) in [4.78, 5) is 39.7. The minimum absolute atomic E-state index is 0.248. The molecule has 2 rings (SSSR count). The second kappa shape index (κ2) is 6.58. The standard InChI is InChI=1S/C13H13N3O6S/c1-3-15-6-9(12(18)19)10(17)8-4-7(23-11(8)15)5-14-16(22-2)13(20)21/h4-6H,3H2,1-2H3,(H,18,19)(H,20,21)/b14-5+. The fourth-order valence-electron chi connectivity index (χ4n) is 1.93. The highest BCUT2D eigenvalue weighted by Crippen LogP contribution is 2.23. The van der Waals surface area contributed by atoms with Crippen LogP contribution < -0.4 is 5.43 Å². The number of rotatable bonds is 5. The van der Waals surface area contributed by atoms with Gasteiger partial charge in [-0.1, -0.05) is 5.17 Å². The molecule has 1 amide bonds. The Balaban J connectivity index is 2.56. The summed E-state index contributed by atoms with van der Waals surface area (Å²) in [6, 6.07) is 1.47. The number of aryl methyl sites for hydroxylation is 1. The largest absolute Gasteiger partial charge is 0.477 e. The first-order valence-corrected chi connectivity index (χ1v) is 7.22. The molecule has 23 heavy (non-hydrogen) atoms. The molecule has 2 aromatic rings. The Morgan fingerprint density at radius 2 is 2.17 bits per heavy atom. The lowest BCUT2D eigenvalue weighted by molar-refractivity contribution is -0.101. The van der Waals surface area contributed by atoms with Crippen molar-refractivity contribution in [3.8, 4) is 0 Å². The zero-order valence-corrected chi connectivity index (χ0v) is 13.0. The molecule has 10 heteroatoms. The van der Waals surface area contributed by atoms with Crippen molar-refractivity contribution in [1.82, 2.24) is 9.74 Å². The molecule has 2 heterocycles. The number of hydrogen-bond acceptors (Lipinski definition) is 6. The van der Waals surface area contributed by atoms with Crippen LogP contribution in [0.5, 0.6) is 0 Å². The van der Waals surface area contributed by atoms with E-state index in [9.17, 15) is 14.4 Å². The zero-order valence-electron chi connectivity index (χ0n) is 12.2. The van der Waals surface area contributed by atoms with Crippen LogP contribution in [0.3, 0.4) is 0 Å². The number of aromatic nitrogens is 1. The first kappa shape index (κ1) is 16.6. The van der Waals surface area contributed by atoms with Crippen LogP contribution in [0.25, 0.3) is 10.2 Å². The average molecular weight is 339 g/mol. The molecule has 0 aromatic carbocycles. The van der Waals surface area contributed by atoms with Gasteiger partial charge in [-0.25, -0.2) is 9.59 Å². The summed E-state index contributed by atoms with van der Waals surface area (Å²) in [5.41, 5.74) is -0.903. The Morgan fingerprint density at radius 3 is 2.70 bits per heavy atom. The molecule has 0 unspecified atom stereocenters. The minimum atomic E-state index is -1.40. The average Bonchev–Trinajstić information content (AvgIpc) is 2.92. The molecule has 0 aliphatic heterocycles. The summed E-state index contributed by atoms with van der Waals surface area (Å²) in [6.07, 6.45) is 1.12. The molecular weight excluding hydrogens is 326 g/mol. The SMILES string of the molecule is CCn1cc(C(=O)O)c(=O)c2cc(/C=N/N(OC)C(=O)O)sc21. The molecule has 9 nitrogen and oxygen atoms in total. The van der Waals surface area contributed by atoms with E-state index in [0.717, 1.165) is 7.11 Å². The lowest BCUT2D eigenvalue weighted by atomic mass is 10.2. The molecule has 0 saturated carbocycles. The Kier molecular flexibility index (Phi) is 4.77. The van der Waals surface area contributed by atoms with Crippen molar-refractivity contribution in [2.75, 3.05) is 7.11 Å². The monoisotopic (exact) mass is 339 g/mol. The van der Waals surface area contributed by atoms with E-state index in [1.54, 1.807) is 4.57 Å². The molecule has 0 saturated heterocycles. The molecule has 0 atom stereocenters. The van der Waals surface area contributed by atoms with Crippen LogP contribution in [0.15, 0.2) is 22.2 Å². The van der Waals surface area contributed by atoms with Gasteiger partial charge in [0.2, 0.25) is 5.43 Å².